The normalized spacial score (nSPS) is 12.5. The zero-order valence-corrected chi connectivity index (χ0v) is 13.2. The molecule has 0 saturated carbocycles. The van der Waals surface area contributed by atoms with Crippen LogP contribution in [0.25, 0.3) is 0 Å². The van der Waals surface area contributed by atoms with E-state index in [2.05, 4.69) is 22.0 Å². The Morgan fingerprint density at radius 1 is 1.16 bits per heavy atom. The third-order valence-electron chi connectivity index (χ3n) is 3.24. The summed E-state index contributed by atoms with van der Waals surface area (Å²) in [6.45, 7) is 4.00. The summed E-state index contributed by atoms with van der Waals surface area (Å²) in [4.78, 5) is 0.0837. The van der Waals surface area contributed by atoms with Crippen molar-refractivity contribution in [3.05, 3.63) is 69.5 Å². The topological polar surface area (TPSA) is 0 Å². The molecule has 2 aromatic carbocycles. The van der Waals surface area contributed by atoms with Gasteiger partial charge in [0.05, 0.1) is 0 Å². The lowest BCUT2D eigenvalue weighted by molar-refractivity contribution is 0.608. The van der Waals surface area contributed by atoms with E-state index in [0.717, 1.165) is 27.3 Å². The second-order valence-corrected chi connectivity index (χ2v) is 6.23. The van der Waals surface area contributed by atoms with Gasteiger partial charge in [-0.05, 0) is 54.7 Å². The summed E-state index contributed by atoms with van der Waals surface area (Å²) in [5.41, 5.74) is 4.04. The van der Waals surface area contributed by atoms with Gasteiger partial charge in [-0.15, -0.1) is 0 Å². The Morgan fingerprint density at radius 3 is 2.53 bits per heavy atom. The van der Waals surface area contributed by atoms with Crippen molar-refractivity contribution in [2.75, 3.05) is 0 Å². The number of hydrogen-bond donors (Lipinski definition) is 0. The standard InChI is InChI=1S/C16H15BrClF/c1-10-8-15(18)11(2)7-13(10)14(17)9-12-5-3-4-6-16(12)19/h3-8,14H,9H2,1-2H3. The molecule has 0 aliphatic carbocycles. The monoisotopic (exact) mass is 340 g/mol. The van der Waals surface area contributed by atoms with Crippen LogP contribution in [-0.2, 0) is 6.42 Å². The van der Waals surface area contributed by atoms with Gasteiger partial charge in [0.1, 0.15) is 5.82 Å². The Morgan fingerprint density at radius 2 is 1.84 bits per heavy atom. The van der Waals surface area contributed by atoms with Crippen molar-refractivity contribution < 1.29 is 4.39 Å². The van der Waals surface area contributed by atoms with Crippen molar-refractivity contribution in [1.29, 1.82) is 0 Å². The first-order valence-electron chi connectivity index (χ1n) is 6.13. The lowest BCUT2D eigenvalue weighted by Crippen LogP contribution is -2.01. The van der Waals surface area contributed by atoms with Crippen LogP contribution < -0.4 is 0 Å². The van der Waals surface area contributed by atoms with Gasteiger partial charge < -0.3 is 0 Å². The third kappa shape index (κ3) is 3.37. The molecular weight excluding hydrogens is 327 g/mol. The molecule has 0 fully saturated rings. The van der Waals surface area contributed by atoms with Crippen molar-refractivity contribution in [2.24, 2.45) is 0 Å². The molecule has 0 aliphatic heterocycles. The summed E-state index contributed by atoms with van der Waals surface area (Å²) in [5, 5.41) is 0.770. The van der Waals surface area contributed by atoms with Crippen LogP contribution in [0.2, 0.25) is 5.02 Å². The van der Waals surface area contributed by atoms with Crippen LogP contribution in [0.15, 0.2) is 36.4 Å². The highest BCUT2D eigenvalue weighted by atomic mass is 79.9. The van der Waals surface area contributed by atoms with E-state index in [0.29, 0.717) is 6.42 Å². The van der Waals surface area contributed by atoms with E-state index >= 15 is 0 Å². The van der Waals surface area contributed by atoms with Gasteiger partial charge in [0.15, 0.2) is 0 Å². The summed E-state index contributed by atoms with van der Waals surface area (Å²) in [6.07, 6.45) is 0.620. The average molecular weight is 342 g/mol. The fourth-order valence-electron chi connectivity index (χ4n) is 2.11. The maximum atomic E-state index is 13.7. The van der Waals surface area contributed by atoms with E-state index in [1.54, 1.807) is 6.07 Å². The number of rotatable bonds is 3. The van der Waals surface area contributed by atoms with Crippen molar-refractivity contribution in [1.82, 2.24) is 0 Å². The van der Waals surface area contributed by atoms with Crippen LogP contribution in [0.3, 0.4) is 0 Å². The highest BCUT2D eigenvalue weighted by Crippen LogP contribution is 2.33. The van der Waals surface area contributed by atoms with Crippen LogP contribution in [0.4, 0.5) is 4.39 Å². The first-order chi connectivity index (χ1) is 8.99. The number of aryl methyl sites for hydroxylation is 2. The molecule has 3 heteroatoms. The fraction of sp³-hybridized carbons (Fsp3) is 0.250. The minimum atomic E-state index is -0.157. The molecule has 0 spiro atoms. The molecular formula is C16H15BrClF. The summed E-state index contributed by atoms with van der Waals surface area (Å²) in [5.74, 6) is -0.157. The van der Waals surface area contributed by atoms with Gasteiger partial charge in [-0.25, -0.2) is 4.39 Å². The molecule has 0 N–H and O–H groups in total. The molecule has 0 bridgehead atoms. The molecule has 0 saturated heterocycles. The maximum absolute atomic E-state index is 13.7. The molecule has 19 heavy (non-hydrogen) atoms. The van der Waals surface area contributed by atoms with E-state index < -0.39 is 0 Å². The molecule has 0 amide bonds. The van der Waals surface area contributed by atoms with Gasteiger partial charge >= 0.3 is 0 Å². The number of halogens is 3. The third-order valence-corrected chi connectivity index (χ3v) is 4.47. The number of benzene rings is 2. The van der Waals surface area contributed by atoms with Gasteiger partial charge in [-0.1, -0.05) is 51.8 Å². The maximum Gasteiger partial charge on any atom is 0.126 e. The Kier molecular flexibility index (Phi) is 4.64. The predicted octanol–water partition coefficient (Wildman–Crippen LogP) is 5.77. The minimum absolute atomic E-state index is 0.0837. The van der Waals surface area contributed by atoms with Crippen LogP contribution >= 0.6 is 27.5 Å². The van der Waals surface area contributed by atoms with Crippen LogP contribution in [0.5, 0.6) is 0 Å². The van der Waals surface area contributed by atoms with Gasteiger partial charge in [-0.2, -0.15) is 0 Å². The van der Waals surface area contributed by atoms with Gasteiger partial charge in [-0.3, -0.25) is 0 Å². The second kappa shape index (κ2) is 6.06. The molecule has 2 aromatic rings. The van der Waals surface area contributed by atoms with Crippen LogP contribution in [0.1, 0.15) is 27.1 Å². The van der Waals surface area contributed by atoms with Gasteiger partial charge in [0.25, 0.3) is 0 Å². The van der Waals surface area contributed by atoms with Crippen LogP contribution in [-0.4, -0.2) is 0 Å². The van der Waals surface area contributed by atoms with Crippen molar-refractivity contribution in [2.45, 2.75) is 25.1 Å². The summed E-state index contributed by atoms with van der Waals surface area (Å²) in [7, 11) is 0. The second-order valence-electron chi connectivity index (χ2n) is 4.72. The fourth-order valence-corrected chi connectivity index (χ4v) is 3.17. The molecule has 0 aliphatic rings. The zero-order valence-electron chi connectivity index (χ0n) is 10.9. The number of hydrogen-bond acceptors (Lipinski definition) is 0. The first kappa shape index (κ1) is 14.5. The Balaban J connectivity index is 2.28. The molecule has 100 valence electrons. The Bertz CT molecular complexity index is 595. The lowest BCUT2D eigenvalue weighted by Gasteiger charge is -2.15. The largest absolute Gasteiger partial charge is 0.207 e. The molecule has 0 aromatic heterocycles. The smallest absolute Gasteiger partial charge is 0.126 e. The minimum Gasteiger partial charge on any atom is -0.207 e. The zero-order chi connectivity index (χ0) is 14.0. The van der Waals surface area contributed by atoms with E-state index in [1.165, 1.54) is 6.07 Å². The van der Waals surface area contributed by atoms with Crippen molar-refractivity contribution in [3.8, 4) is 0 Å². The quantitative estimate of drug-likeness (QED) is 0.621. The van der Waals surface area contributed by atoms with E-state index in [9.17, 15) is 4.39 Å². The molecule has 2 rings (SSSR count). The van der Waals surface area contributed by atoms with Gasteiger partial charge in [0.2, 0.25) is 0 Å². The SMILES string of the molecule is Cc1cc(C(Br)Cc2ccccc2F)c(C)cc1Cl. The van der Waals surface area contributed by atoms with E-state index in [4.69, 9.17) is 11.6 Å². The van der Waals surface area contributed by atoms with E-state index in [1.807, 2.05) is 32.0 Å². The van der Waals surface area contributed by atoms with E-state index in [-0.39, 0.29) is 10.6 Å². The molecule has 0 heterocycles. The molecule has 1 unspecified atom stereocenters. The van der Waals surface area contributed by atoms with Crippen molar-refractivity contribution in [3.63, 3.8) is 0 Å². The number of alkyl halides is 1. The molecule has 1 atom stereocenters. The highest BCUT2D eigenvalue weighted by molar-refractivity contribution is 9.09. The van der Waals surface area contributed by atoms with Gasteiger partial charge in [0, 0.05) is 9.85 Å². The summed E-state index contributed by atoms with van der Waals surface area (Å²) >= 11 is 9.76. The average Bonchev–Trinajstić information content (AvgIpc) is 2.36. The Hall–Kier alpha value is -0.860. The van der Waals surface area contributed by atoms with Crippen LogP contribution in [0, 0.1) is 19.7 Å². The summed E-state index contributed by atoms with van der Waals surface area (Å²) < 4.78 is 13.7. The predicted molar refractivity (Wildman–Crippen MR) is 82.7 cm³/mol. The Labute approximate surface area is 126 Å². The highest BCUT2D eigenvalue weighted by Gasteiger charge is 2.14. The molecule has 0 nitrogen and oxygen atoms in total. The lowest BCUT2D eigenvalue weighted by atomic mass is 9.98. The van der Waals surface area contributed by atoms with Crippen molar-refractivity contribution >= 4 is 27.5 Å². The summed E-state index contributed by atoms with van der Waals surface area (Å²) in [6, 6.07) is 10.9. The first-order valence-corrected chi connectivity index (χ1v) is 7.42. The molecule has 0 radical (unpaired) electrons.